The van der Waals surface area contributed by atoms with Crippen LogP contribution in [-0.2, 0) is 22.5 Å². The molecule has 2 atom stereocenters. The van der Waals surface area contributed by atoms with Crippen LogP contribution < -0.4 is 20.1 Å². The van der Waals surface area contributed by atoms with Crippen LogP contribution in [0.3, 0.4) is 0 Å². The summed E-state index contributed by atoms with van der Waals surface area (Å²) in [5, 5.41) is 5.86. The number of ether oxygens (including phenoxy) is 3. The van der Waals surface area contributed by atoms with Gasteiger partial charge >= 0.3 is 6.09 Å². The summed E-state index contributed by atoms with van der Waals surface area (Å²) in [4.78, 5) is 23.7. The van der Waals surface area contributed by atoms with E-state index < -0.39 is 6.09 Å². The molecule has 0 saturated carbocycles. The highest BCUT2D eigenvalue weighted by molar-refractivity contribution is 5.81. The van der Waals surface area contributed by atoms with Crippen molar-refractivity contribution in [3.05, 3.63) is 35.9 Å². The number of benzene rings is 1. The number of carbonyl (C=O) groups is 2. The molecular weight excluding hydrogens is 360 g/mol. The normalized spacial score (nSPS) is 18.4. The molecular formula is C21H30N2O5. The summed E-state index contributed by atoms with van der Waals surface area (Å²) < 4.78 is 16.6. The number of methoxy groups -OCH3 is 1. The van der Waals surface area contributed by atoms with Crippen LogP contribution in [0.1, 0.15) is 37.8 Å². The van der Waals surface area contributed by atoms with E-state index in [0.717, 1.165) is 24.0 Å². The number of amides is 1. The second-order valence-corrected chi connectivity index (χ2v) is 6.80. The highest BCUT2D eigenvalue weighted by atomic mass is 16.6. The van der Waals surface area contributed by atoms with E-state index in [1.54, 1.807) is 13.2 Å². The van der Waals surface area contributed by atoms with Crippen LogP contribution in [0.4, 0.5) is 4.79 Å². The Balaban J connectivity index is 2.05. The molecule has 1 saturated heterocycles. The van der Waals surface area contributed by atoms with Crippen LogP contribution in [0.5, 0.6) is 11.5 Å². The second kappa shape index (κ2) is 10.7. The van der Waals surface area contributed by atoms with E-state index in [0.29, 0.717) is 31.1 Å². The van der Waals surface area contributed by atoms with Crippen molar-refractivity contribution in [1.29, 1.82) is 0 Å². The molecule has 1 aliphatic rings. The number of Topliss-reactive ketones (excluding diaryl/α,β-unsaturated/α-hetero) is 1. The third-order valence-corrected chi connectivity index (χ3v) is 4.65. The van der Waals surface area contributed by atoms with E-state index >= 15 is 0 Å². The molecule has 1 amide bonds. The van der Waals surface area contributed by atoms with E-state index in [1.807, 2.05) is 12.1 Å². The molecule has 2 rings (SSSR count). The SMILES string of the molecule is C=CCOc1cc(OC)cc(CCC)c1CNC(=O)OC1CNC(C(C)=O)C1. The fraction of sp³-hybridized carbons (Fsp3) is 0.524. The van der Waals surface area contributed by atoms with Gasteiger partial charge in [-0.3, -0.25) is 4.79 Å². The highest BCUT2D eigenvalue weighted by Crippen LogP contribution is 2.30. The Morgan fingerprint density at radius 2 is 2.18 bits per heavy atom. The van der Waals surface area contributed by atoms with E-state index in [-0.39, 0.29) is 24.5 Å². The molecule has 1 heterocycles. The predicted molar refractivity (Wildman–Crippen MR) is 107 cm³/mol. The summed E-state index contributed by atoms with van der Waals surface area (Å²) in [6.45, 7) is 8.42. The second-order valence-electron chi connectivity index (χ2n) is 6.80. The lowest BCUT2D eigenvalue weighted by molar-refractivity contribution is -0.118. The van der Waals surface area contributed by atoms with Crippen molar-refractivity contribution < 1.29 is 23.8 Å². The van der Waals surface area contributed by atoms with Crippen LogP contribution in [0.2, 0.25) is 0 Å². The molecule has 1 aromatic carbocycles. The molecule has 7 nitrogen and oxygen atoms in total. The van der Waals surface area contributed by atoms with Crippen LogP contribution in [0, 0.1) is 0 Å². The van der Waals surface area contributed by atoms with Crippen LogP contribution in [-0.4, -0.2) is 44.3 Å². The lowest BCUT2D eigenvalue weighted by Crippen LogP contribution is -2.30. The Hall–Kier alpha value is -2.54. The molecule has 1 fully saturated rings. The van der Waals surface area contributed by atoms with E-state index in [4.69, 9.17) is 14.2 Å². The van der Waals surface area contributed by atoms with E-state index in [9.17, 15) is 9.59 Å². The first-order valence-corrected chi connectivity index (χ1v) is 9.60. The Labute approximate surface area is 166 Å². The molecule has 1 aliphatic heterocycles. The van der Waals surface area contributed by atoms with Crippen LogP contribution in [0.15, 0.2) is 24.8 Å². The van der Waals surface area contributed by atoms with E-state index in [2.05, 4.69) is 24.1 Å². The average molecular weight is 390 g/mol. The number of alkyl carbamates (subject to hydrolysis) is 1. The van der Waals surface area contributed by atoms with Gasteiger partial charge in [0.25, 0.3) is 0 Å². The lowest BCUT2D eigenvalue weighted by atomic mass is 10.0. The third-order valence-electron chi connectivity index (χ3n) is 4.65. The van der Waals surface area contributed by atoms with Crippen molar-refractivity contribution in [2.45, 2.75) is 51.8 Å². The molecule has 1 aromatic rings. The van der Waals surface area contributed by atoms with Gasteiger partial charge in [0, 0.05) is 24.6 Å². The molecule has 2 N–H and O–H groups in total. The highest BCUT2D eigenvalue weighted by Gasteiger charge is 2.29. The van der Waals surface area contributed by atoms with Crippen molar-refractivity contribution in [3.8, 4) is 11.5 Å². The Bertz CT molecular complexity index is 704. The number of carbonyl (C=O) groups excluding carboxylic acids is 2. The summed E-state index contributed by atoms with van der Waals surface area (Å²) in [7, 11) is 1.61. The first-order chi connectivity index (χ1) is 13.5. The Morgan fingerprint density at radius 1 is 1.39 bits per heavy atom. The van der Waals surface area contributed by atoms with Gasteiger partial charge in [0.15, 0.2) is 0 Å². The van der Waals surface area contributed by atoms with Crippen molar-refractivity contribution in [2.75, 3.05) is 20.3 Å². The molecule has 28 heavy (non-hydrogen) atoms. The largest absolute Gasteiger partial charge is 0.497 e. The number of hydrogen-bond donors (Lipinski definition) is 2. The summed E-state index contributed by atoms with van der Waals surface area (Å²) in [5.41, 5.74) is 1.95. The minimum Gasteiger partial charge on any atom is -0.497 e. The van der Waals surface area contributed by atoms with Gasteiger partial charge in [-0.25, -0.2) is 4.79 Å². The number of rotatable bonds is 10. The summed E-state index contributed by atoms with van der Waals surface area (Å²) >= 11 is 0. The lowest BCUT2D eigenvalue weighted by Gasteiger charge is -2.18. The molecule has 2 unspecified atom stereocenters. The zero-order chi connectivity index (χ0) is 20.5. The van der Waals surface area contributed by atoms with Gasteiger partial charge in [-0.1, -0.05) is 26.0 Å². The predicted octanol–water partition coefficient (Wildman–Crippen LogP) is 2.76. The minimum absolute atomic E-state index is 0.0537. The Kier molecular flexibility index (Phi) is 8.32. The van der Waals surface area contributed by atoms with Gasteiger partial charge in [-0.15, -0.1) is 0 Å². The maximum atomic E-state index is 12.2. The first kappa shape index (κ1) is 21.8. The minimum atomic E-state index is -0.510. The number of aryl methyl sites for hydroxylation is 1. The summed E-state index contributed by atoms with van der Waals surface area (Å²) in [6.07, 6.45) is 3.13. The van der Waals surface area contributed by atoms with Crippen LogP contribution >= 0.6 is 0 Å². The number of nitrogens with one attached hydrogen (secondary N) is 2. The summed E-state index contributed by atoms with van der Waals surface area (Å²) in [6, 6.07) is 3.53. The van der Waals surface area contributed by atoms with Gasteiger partial charge in [-0.2, -0.15) is 0 Å². The topological polar surface area (TPSA) is 85.9 Å². The zero-order valence-corrected chi connectivity index (χ0v) is 16.9. The molecule has 0 radical (unpaired) electrons. The maximum Gasteiger partial charge on any atom is 0.407 e. The molecule has 154 valence electrons. The third kappa shape index (κ3) is 5.99. The molecule has 0 aromatic heterocycles. The van der Waals surface area contributed by atoms with Crippen molar-refractivity contribution >= 4 is 11.9 Å². The molecule has 0 spiro atoms. The molecule has 0 bridgehead atoms. The zero-order valence-electron chi connectivity index (χ0n) is 16.9. The first-order valence-electron chi connectivity index (χ1n) is 9.60. The van der Waals surface area contributed by atoms with Gasteiger partial charge in [-0.05, 0) is 25.0 Å². The fourth-order valence-corrected chi connectivity index (χ4v) is 3.22. The quantitative estimate of drug-likeness (QED) is 0.598. The van der Waals surface area contributed by atoms with Gasteiger partial charge in [0.1, 0.15) is 30.0 Å². The monoisotopic (exact) mass is 390 g/mol. The molecule has 0 aliphatic carbocycles. The summed E-state index contributed by atoms with van der Waals surface area (Å²) in [5.74, 6) is 1.42. The van der Waals surface area contributed by atoms with E-state index in [1.165, 1.54) is 6.92 Å². The maximum absolute atomic E-state index is 12.2. The number of ketones is 1. The number of hydrogen-bond acceptors (Lipinski definition) is 6. The Morgan fingerprint density at radius 3 is 2.79 bits per heavy atom. The van der Waals surface area contributed by atoms with Crippen molar-refractivity contribution in [3.63, 3.8) is 0 Å². The van der Waals surface area contributed by atoms with Gasteiger partial charge in [0.05, 0.1) is 19.7 Å². The van der Waals surface area contributed by atoms with Gasteiger partial charge in [0.2, 0.25) is 0 Å². The standard InChI is InChI=1S/C21H30N2O5/c1-5-7-15-9-16(26-4)11-20(27-8-6-2)18(15)13-23-21(25)28-17-10-19(14(3)24)22-12-17/h6,9,11,17,19,22H,2,5,7-8,10,12-13H2,1,3-4H3,(H,23,25). The van der Waals surface area contributed by atoms with Crippen molar-refractivity contribution in [1.82, 2.24) is 10.6 Å². The smallest absolute Gasteiger partial charge is 0.407 e. The van der Waals surface area contributed by atoms with Crippen LogP contribution in [0.25, 0.3) is 0 Å². The average Bonchev–Trinajstić information content (AvgIpc) is 3.14. The van der Waals surface area contributed by atoms with Crippen molar-refractivity contribution in [2.24, 2.45) is 0 Å². The molecule has 7 heteroatoms. The fourth-order valence-electron chi connectivity index (χ4n) is 3.22. The van der Waals surface area contributed by atoms with Gasteiger partial charge < -0.3 is 24.8 Å².